The van der Waals surface area contributed by atoms with E-state index < -0.39 is 15.8 Å². The Kier molecular flexibility index (Phi) is 4.84. The summed E-state index contributed by atoms with van der Waals surface area (Å²) in [4.78, 5) is 1.96. The second kappa shape index (κ2) is 6.09. The van der Waals surface area contributed by atoms with Gasteiger partial charge in [0.15, 0.2) is 0 Å². The van der Waals surface area contributed by atoms with Gasteiger partial charge in [0.2, 0.25) is 10.0 Å². The molecule has 0 amide bonds. The molecule has 0 aromatic heterocycles. The van der Waals surface area contributed by atoms with Gasteiger partial charge in [-0.25, -0.2) is 12.8 Å². The molecule has 0 aliphatic carbocycles. The monoisotopic (exact) mass is 364 g/mol. The fraction of sp³-hybridized carbons (Fsp3) is 0.538. The lowest BCUT2D eigenvalue weighted by molar-refractivity contribution is 0.154. The lowest BCUT2D eigenvalue weighted by Crippen LogP contribution is -2.50. The van der Waals surface area contributed by atoms with Gasteiger partial charge in [0, 0.05) is 36.7 Å². The number of hydrogen-bond donors (Lipinski definition) is 0. The van der Waals surface area contributed by atoms with Crippen LogP contribution >= 0.6 is 15.9 Å². The minimum Gasteiger partial charge on any atom is -0.298 e. The molecular weight excluding hydrogens is 347 g/mol. The molecule has 1 aliphatic rings. The van der Waals surface area contributed by atoms with Crippen molar-refractivity contribution in [3.63, 3.8) is 0 Å². The molecule has 0 N–H and O–H groups in total. The maximum atomic E-state index is 13.9. The zero-order chi connectivity index (χ0) is 14.9. The van der Waals surface area contributed by atoms with Gasteiger partial charge in [0.25, 0.3) is 0 Å². The SMILES string of the molecule is CC(C)N1CCN(S(=O)(=O)c2ccc(Br)cc2F)CC1. The highest BCUT2D eigenvalue weighted by Crippen LogP contribution is 2.23. The normalized spacial score (nSPS) is 18.6. The van der Waals surface area contributed by atoms with Crippen LogP contribution in [0.15, 0.2) is 27.6 Å². The van der Waals surface area contributed by atoms with Crippen molar-refractivity contribution in [3.8, 4) is 0 Å². The first-order valence-electron chi connectivity index (χ1n) is 6.51. The van der Waals surface area contributed by atoms with Crippen molar-refractivity contribution < 1.29 is 12.8 Å². The summed E-state index contributed by atoms with van der Waals surface area (Å²) in [6.45, 7) is 6.31. The molecule has 1 aromatic rings. The van der Waals surface area contributed by atoms with Crippen molar-refractivity contribution in [2.45, 2.75) is 24.8 Å². The smallest absolute Gasteiger partial charge is 0.246 e. The Bertz CT molecular complexity index is 584. The van der Waals surface area contributed by atoms with E-state index in [1.165, 1.54) is 16.4 Å². The van der Waals surface area contributed by atoms with E-state index in [2.05, 4.69) is 34.7 Å². The van der Waals surface area contributed by atoms with Crippen LogP contribution in [0.25, 0.3) is 0 Å². The van der Waals surface area contributed by atoms with Crippen LogP contribution in [-0.2, 0) is 10.0 Å². The second-order valence-electron chi connectivity index (χ2n) is 5.11. The first kappa shape index (κ1) is 15.9. The second-order valence-corrected chi connectivity index (χ2v) is 7.93. The number of benzene rings is 1. The Hall–Kier alpha value is -0.500. The first-order chi connectivity index (χ1) is 9.32. The summed E-state index contributed by atoms with van der Waals surface area (Å²) in [7, 11) is -3.75. The fourth-order valence-electron chi connectivity index (χ4n) is 2.28. The van der Waals surface area contributed by atoms with Crippen molar-refractivity contribution in [3.05, 3.63) is 28.5 Å². The van der Waals surface area contributed by atoms with Crippen LogP contribution < -0.4 is 0 Å². The zero-order valence-corrected chi connectivity index (χ0v) is 13.9. The van der Waals surface area contributed by atoms with Crippen LogP contribution in [0.5, 0.6) is 0 Å². The third-order valence-corrected chi connectivity index (χ3v) is 5.94. The summed E-state index contributed by atoms with van der Waals surface area (Å²) < 4.78 is 40.6. The number of rotatable bonds is 3. The van der Waals surface area contributed by atoms with Gasteiger partial charge >= 0.3 is 0 Å². The van der Waals surface area contributed by atoms with Gasteiger partial charge in [-0.15, -0.1) is 0 Å². The molecule has 1 fully saturated rings. The predicted octanol–water partition coefficient (Wildman–Crippen LogP) is 2.30. The lowest BCUT2D eigenvalue weighted by atomic mass is 10.3. The van der Waals surface area contributed by atoms with E-state index in [9.17, 15) is 12.8 Å². The number of piperazine rings is 1. The third kappa shape index (κ3) is 3.21. The molecule has 112 valence electrons. The Balaban J connectivity index is 2.20. The number of sulfonamides is 1. The Morgan fingerprint density at radius 3 is 2.30 bits per heavy atom. The highest BCUT2D eigenvalue weighted by Gasteiger charge is 2.31. The van der Waals surface area contributed by atoms with Crippen LogP contribution in [0.2, 0.25) is 0 Å². The van der Waals surface area contributed by atoms with E-state index in [4.69, 9.17) is 0 Å². The van der Waals surface area contributed by atoms with E-state index in [0.717, 1.165) is 0 Å². The lowest BCUT2D eigenvalue weighted by Gasteiger charge is -2.36. The average molecular weight is 365 g/mol. The molecule has 2 rings (SSSR count). The topological polar surface area (TPSA) is 40.6 Å². The Labute approximate surface area is 127 Å². The first-order valence-corrected chi connectivity index (χ1v) is 8.75. The Morgan fingerprint density at radius 1 is 1.20 bits per heavy atom. The average Bonchev–Trinajstić information content (AvgIpc) is 2.38. The molecule has 1 aliphatic heterocycles. The molecular formula is C13H18BrFN2O2S. The maximum Gasteiger partial charge on any atom is 0.246 e. The summed E-state index contributed by atoms with van der Waals surface area (Å²) in [6, 6.07) is 4.42. The van der Waals surface area contributed by atoms with Crippen LogP contribution in [0.1, 0.15) is 13.8 Å². The summed E-state index contributed by atoms with van der Waals surface area (Å²) in [6.07, 6.45) is 0. The quantitative estimate of drug-likeness (QED) is 0.826. The number of nitrogens with zero attached hydrogens (tertiary/aromatic N) is 2. The van der Waals surface area contributed by atoms with Crippen LogP contribution in [-0.4, -0.2) is 49.8 Å². The maximum absolute atomic E-state index is 13.9. The van der Waals surface area contributed by atoms with Crippen molar-refractivity contribution in [1.82, 2.24) is 9.21 Å². The summed E-state index contributed by atoms with van der Waals surface area (Å²) in [5.41, 5.74) is 0. The summed E-state index contributed by atoms with van der Waals surface area (Å²) in [5.74, 6) is -0.717. The highest BCUT2D eigenvalue weighted by atomic mass is 79.9. The van der Waals surface area contributed by atoms with Gasteiger partial charge in [-0.1, -0.05) is 15.9 Å². The molecule has 20 heavy (non-hydrogen) atoms. The molecule has 0 saturated carbocycles. The van der Waals surface area contributed by atoms with Crippen molar-refractivity contribution >= 4 is 26.0 Å². The number of halogens is 2. The molecule has 1 saturated heterocycles. The van der Waals surface area contributed by atoms with Gasteiger partial charge in [0.1, 0.15) is 10.7 Å². The largest absolute Gasteiger partial charge is 0.298 e. The molecule has 1 heterocycles. The minimum atomic E-state index is -3.75. The van der Waals surface area contributed by atoms with E-state index in [1.54, 1.807) is 6.07 Å². The molecule has 0 atom stereocenters. The summed E-state index contributed by atoms with van der Waals surface area (Å²) >= 11 is 3.13. The van der Waals surface area contributed by atoms with E-state index in [0.29, 0.717) is 36.7 Å². The standard InChI is InChI=1S/C13H18BrFN2O2S/c1-10(2)16-5-7-17(8-6-16)20(18,19)13-4-3-11(14)9-12(13)15/h3-4,9-10H,5-8H2,1-2H3. The molecule has 0 radical (unpaired) electrons. The van der Waals surface area contributed by atoms with E-state index >= 15 is 0 Å². The summed E-state index contributed by atoms with van der Waals surface area (Å²) in [5, 5.41) is 0. The van der Waals surface area contributed by atoms with Gasteiger partial charge in [-0.3, -0.25) is 4.90 Å². The van der Waals surface area contributed by atoms with Crippen LogP contribution in [0.4, 0.5) is 4.39 Å². The molecule has 1 aromatic carbocycles. The van der Waals surface area contributed by atoms with Crippen LogP contribution in [0, 0.1) is 5.82 Å². The van der Waals surface area contributed by atoms with Crippen molar-refractivity contribution in [2.75, 3.05) is 26.2 Å². The van der Waals surface area contributed by atoms with Gasteiger partial charge in [-0.05, 0) is 32.0 Å². The number of hydrogen-bond acceptors (Lipinski definition) is 3. The molecule has 0 spiro atoms. The van der Waals surface area contributed by atoms with Crippen molar-refractivity contribution in [2.24, 2.45) is 0 Å². The predicted molar refractivity (Wildman–Crippen MR) is 79.6 cm³/mol. The third-order valence-electron chi connectivity index (χ3n) is 3.52. The van der Waals surface area contributed by atoms with E-state index in [1.807, 2.05) is 0 Å². The van der Waals surface area contributed by atoms with E-state index in [-0.39, 0.29) is 4.90 Å². The zero-order valence-electron chi connectivity index (χ0n) is 11.5. The van der Waals surface area contributed by atoms with Crippen molar-refractivity contribution in [1.29, 1.82) is 0 Å². The molecule has 4 nitrogen and oxygen atoms in total. The highest BCUT2D eigenvalue weighted by molar-refractivity contribution is 9.10. The van der Waals surface area contributed by atoms with Gasteiger partial charge < -0.3 is 0 Å². The molecule has 7 heteroatoms. The molecule has 0 bridgehead atoms. The van der Waals surface area contributed by atoms with Gasteiger partial charge in [-0.2, -0.15) is 4.31 Å². The Morgan fingerprint density at radius 2 is 1.80 bits per heavy atom. The fourth-order valence-corrected chi connectivity index (χ4v) is 4.08. The van der Waals surface area contributed by atoms with Crippen LogP contribution in [0.3, 0.4) is 0 Å². The minimum absolute atomic E-state index is 0.251. The van der Waals surface area contributed by atoms with Gasteiger partial charge in [0.05, 0.1) is 0 Å². The molecule has 0 unspecified atom stereocenters.